The van der Waals surface area contributed by atoms with Gasteiger partial charge >= 0.3 is 0 Å². The Morgan fingerprint density at radius 3 is 2.45 bits per heavy atom. The van der Waals surface area contributed by atoms with E-state index in [0.717, 1.165) is 5.56 Å². The fourth-order valence-corrected chi connectivity index (χ4v) is 2.04. The van der Waals surface area contributed by atoms with Crippen molar-refractivity contribution in [3.8, 4) is 17.2 Å². The second-order valence-corrected chi connectivity index (χ2v) is 4.46. The van der Waals surface area contributed by atoms with E-state index in [4.69, 9.17) is 14.6 Å². The standard InChI is InChI=1S/C16H18O4/c1-11(18)16-14(19-2)7-4-8-15(16)20-13-6-3-5-12(9-13)10-17/h3-9,11,17-18H,10H2,1-2H3. The molecule has 0 aliphatic carbocycles. The SMILES string of the molecule is COc1cccc(Oc2cccc(CO)c2)c1C(C)O. The van der Waals surface area contributed by atoms with Crippen LogP contribution in [0.4, 0.5) is 0 Å². The highest BCUT2D eigenvalue weighted by Crippen LogP contribution is 2.36. The Hall–Kier alpha value is -2.04. The lowest BCUT2D eigenvalue weighted by Gasteiger charge is -2.16. The molecule has 0 bridgehead atoms. The van der Waals surface area contributed by atoms with E-state index in [2.05, 4.69) is 0 Å². The van der Waals surface area contributed by atoms with Crippen LogP contribution in [0.1, 0.15) is 24.2 Å². The predicted octanol–water partition coefficient (Wildman–Crippen LogP) is 3.03. The molecule has 0 aliphatic heterocycles. The van der Waals surface area contributed by atoms with E-state index in [1.165, 1.54) is 0 Å². The molecule has 0 spiro atoms. The molecular formula is C16H18O4. The zero-order valence-corrected chi connectivity index (χ0v) is 11.5. The zero-order chi connectivity index (χ0) is 14.5. The fourth-order valence-electron chi connectivity index (χ4n) is 2.04. The molecule has 0 saturated heterocycles. The first-order valence-electron chi connectivity index (χ1n) is 6.38. The summed E-state index contributed by atoms with van der Waals surface area (Å²) in [6, 6.07) is 12.5. The van der Waals surface area contributed by atoms with Crippen molar-refractivity contribution in [3.63, 3.8) is 0 Å². The van der Waals surface area contributed by atoms with Crippen molar-refractivity contribution in [1.82, 2.24) is 0 Å². The van der Waals surface area contributed by atoms with Gasteiger partial charge in [-0.25, -0.2) is 0 Å². The molecule has 1 unspecified atom stereocenters. The third-order valence-electron chi connectivity index (χ3n) is 2.97. The highest BCUT2D eigenvalue weighted by Gasteiger charge is 2.15. The van der Waals surface area contributed by atoms with Crippen molar-refractivity contribution in [3.05, 3.63) is 53.6 Å². The minimum absolute atomic E-state index is 0.0431. The van der Waals surface area contributed by atoms with Gasteiger partial charge in [-0.15, -0.1) is 0 Å². The van der Waals surface area contributed by atoms with Crippen molar-refractivity contribution in [2.75, 3.05) is 7.11 Å². The summed E-state index contributed by atoms with van der Waals surface area (Å²) in [5.41, 5.74) is 1.37. The summed E-state index contributed by atoms with van der Waals surface area (Å²) >= 11 is 0. The highest BCUT2D eigenvalue weighted by atomic mass is 16.5. The first-order chi connectivity index (χ1) is 9.65. The molecule has 1 atom stereocenters. The first-order valence-corrected chi connectivity index (χ1v) is 6.38. The van der Waals surface area contributed by atoms with Crippen LogP contribution in [0.15, 0.2) is 42.5 Å². The number of aliphatic hydroxyl groups excluding tert-OH is 2. The predicted molar refractivity (Wildman–Crippen MR) is 76.1 cm³/mol. The van der Waals surface area contributed by atoms with Gasteiger partial charge in [0.15, 0.2) is 0 Å². The number of hydrogen-bond acceptors (Lipinski definition) is 4. The van der Waals surface area contributed by atoms with E-state index in [1.807, 2.05) is 12.1 Å². The van der Waals surface area contributed by atoms with E-state index >= 15 is 0 Å². The van der Waals surface area contributed by atoms with Gasteiger partial charge in [0.05, 0.1) is 25.4 Å². The van der Waals surface area contributed by atoms with Gasteiger partial charge in [-0.3, -0.25) is 0 Å². The summed E-state index contributed by atoms with van der Waals surface area (Å²) in [4.78, 5) is 0. The number of aliphatic hydroxyl groups is 2. The Kier molecular flexibility index (Phi) is 4.61. The lowest BCUT2D eigenvalue weighted by molar-refractivity contribution is 0.190. The normalized spacial score (nSPS) is 12.0. The molecule has 2 aromatic carbocycles. The van der Waals surface area contributed by atoms with Gasteiger partial charge in [-0.2, -0.15) is 0 Å². The second kappa shape index (κ2) is 6.41. The fraction of sp³-hybridized carbons (Fsp3) is 0.250. The lowest BCUT2D eigenvalue weighted by Crippen LogP contribution is -2.00. The molecule has 20 heavy (non-hydrogen) atoms. The summed E-state index contributed by atoms with van der Waals surface area (Å²) in [7, 11) is 1.55. The van der Waals surface area contributed by atoms with Crippen molar-refractivity contribution >= 4 is 0 Å². The summed E-state index contributed by atoms with van der Waals surface area (Å²) in [5.74, 6) is 1.72. The Bertz CT molecular complexity index is 578. The quantitative estimate of drug-likeness (QED) is 0.880. The third-order valence-corrected chi connectivity index (χ3v) is 2.97. The molecule has 2 aromatic rings. The summed E-state index contributed by atoms with van der Waals surface area (Å²) in [5, 5.41) is 19.0. The maximum atomic E-state index is 9.90. The van der Waals surface area contributed by atoms with Gasteiger partial charge in [-0.05, 0) is 36.8 Å². The molecule has 2 rings (SSSR count). The van der Waals surface area contributed by atoms with Crippen LogP contribution in [0, 0.1) is 0 Å². The number of methoxy groups -OCH3 is 1. The molecule has 0 heterocycles. The molecule has 2 N–H and O–H groups in total. The molecule has 0 fully saturated rings. The van der Waals surface area contributed by atoms with Crippen LogP contribution in [0.5, 0.6) is 17.2 Å². The minimum Gasteiger partial charge on any atom is -0.496 e. The first kappa shape index (κ1) is 14.4. The van der Waals surface area contributed by atoms with E-state index < -0.39 is 6.10 Å². The topological polar surface area (TPSA) is 58.9 Å². The van der Waals surface area contributed by atoms with Crippen LogP contribution in [-0.2, 0) is 6.61 Å². The average molecular weight is 274 g/mol. The van der Waals surface area contributed by atoms with E-state index in [-0.39, 0.29) is 6.61 Å². The smallest absolute Gasteiger partial charge is 0.136 e. The molecular weight excluding hydrogens is 256 g/mol. The summed E-state index contributed by atoms with van der Waals surface area (Å²) in [6.07, 6.45) is -0.706. The Labute approximate surface area is 118 Å². The molecule has 106 valence electrons. The third kappa shape index (κ3) is 3.10. The van der Waals surface area contributed by atoms with Crippen LogP contribution in [-0.4, -0.2) is 17.3 Å². The molecule has 0 amide bonds. The van der Waals surface area contributed by atoms with E-state index in [1.54, 1.807) is 44.4 Å². The van der Waals surface area contributed by atoms with E-state index in [9.17, 15) is 5.11 Å². The van der Waals surface area contributed by atoms with Crippen LogP contribution in [0.3, 0.4) is 0 Å². The van der Waals surface area contributed by atoms with Gasteiger partial charge in [0, 0.05) is 0 Å². The maximum Gasteiger partial charge on any atom is 0.136 e. The van der Waals surface area contributed by atoms with Gasteiger partial charge in [0.2, 0.25) is 0 Å². The van der Waals surface area contributed by atoms with Crippen molar-refractivity contribution in [1.29, 1.82) is 0 Å². The van der Waals surface area contributed by atoms with Crippen molar-refractivity contribution < 1.29 is 19.7 Å². The molecule has 4 nitrogen and oxygen atoms in total. The van der Waals surface area contributed by atoms with Crippen LogP contribution >= 0.6 is 0 Å². The zero-order valence-electron chi connectivity index (χ0n) is 11.5. The summed E-state index contributed by atoms with van der Waals surface area (Å²) in [6.45, 7) is 1.62. The largest absolute Gasteiger partial charge is 0.496 e. The van der Waals surface area contributed by atoms with Crippen LogP contribution < -0.4 is 9.47 Å². The number of ether oxygens (including phenoxy) is 2. The highest BCUT2D eigenvalue weighted by molar-refractivity contribution is 5.48. The molecule has 0 saturated carbocycles. The Morgan fingerprint density at radius 2 is 1.80 bits per heavy atom. The molecule has 0 aliphatic rings. The van der Waals surface area contributed by atoms with Gasteiger partial charge in [-0.1, -0.05) is 18.2 Å². The minimum atomic E-state index is -0.706. The number of benzene rings is 2. The molecule has 0 radical (unpaired) electrons. The van der Waals surface area contributed by atoms with Crippen LogP contribution in [0.25, 0.3) is 0 Å². The van der Waals surface area contributed by atoms with Crippen LogP contribution in [0.2, 0.25) is 0 Å². The van der Waals surface area contributed by atoms with Gasteiger partial charge < -0.3 is 19.7 Å². The second-order valence-electron chi connectivity index (χ2n) is 4.46. The Balaban J connectivity index is 2.37. The number of rotatable bonds is 5. The Morgan fingerprint density at radius 1 is 1.10 bits per heavy atom. The molecule has 0 aromatic heterocycles. The molecule has 4 heteroatoms. The number of hydrogen-bond donors (Lipinski definition) is 2. The van der Waals surface area contributed by atoms with E-state index in [0.29, 0.717) is 22.8 Å². The van der Waals surface area contributed by atoms with Crippen molar-refractivity contribution in [2.24, 2.45) is 0 Å². The van der Waals surface area contributed by atoms with Gasteiger partial charge in [0.1, 0.15) is 17.2 Å². The van der Waals surface area contributed by atoms with Crippen molar-refractivity contribution in [2.45, 2.75) is 19.6 Å². The van der Waals surface area contributed by atoms with Gasteiger partial charge in [0.25, 0.3) is 0 Å². The average Bonchev–Trinajstić information content (AvgIpc) is 2.46. The monoisotopic (exact) mass is 274 g/mol. The summed E-state index contributed by atoms with van der Waals surface area (Å²) < 4.78 is 11.1. The maximum absolute atomic E-state index is 9.90. The lowest BCUT2D eigenvalue weighted by atomic mass is 10.1.